The number of benzene rings is 2. The molecule has 0 saturated heterocycles. The lowest BCUT2D eigenvalue weighted by Crippen LogP contribution is -1.95. The fourth-order valence-electron chi connectivity index (χ4n) is 1.61. The summed E-state index contributed by atoms with van der Waals surface area (Å²) >= 11 is 0. The van der Waals surface area contributed by atoms with Crippen LogP contribution < -0.4 is 0 Å². The maximum Gasteiger partial charge on any atom is 0.339 e. The van der Waals surface area contributed by atoms with Crippen LogP contribution >= 0.6 is 0 Å². The van der Waals surface area contributed by atoms with E-state index < -0.39 is 29.0 Å². The number of phenols is 4. The predicted octanol–water partition coefficient (Wildman–Crippen LogP) is 1.96. The Hall–Kier alpha value is -3.22. The Balaban J connectivity index is 2.32. The van der Waals surface area contributed by atoms with Gasteiger partial charge >= 0.3 is 5.97 Å². The number of aromatic hydroxyl groups is 4. The van der Waals surface area contributed by atoms with Gasteiger partial charge < -0.3 is 25.5 Å². The van der Waals surface area contributed by atoms with E-state index in [0.29, 0.717) is 0 Å². The number of aromatic carboxylic acids is 1. The van der Waals surface area contributed by atoms with Gasteiger partial charge in [0.2, 0.25) is 5.75 Å². The highest BCUT2D eigenvalue weighted by Crippen LogP contribution is 2.36. The Morgan fingerprint density at radius 1 is 0.952 bits per heavy atom. The highest BCUT2D eigenvalue weighted by atomic mass is 16.4. The molecule has 2 rings (SSSR count). The lowest BCUT2D eigenvalue weighted by molar-refractivity contribution is 0.0694. The first-order valence-electron chi connectivity index (χ1n) is 5.74. The summed E-state index contributed by atoms with van der Waals surface area (Å²) in [6.45, 7) is 0. The smallest absolute Gasteiger partial charge is 0.339 e. The number of carbonyl (C=O) groups is 1. The summed E-state index contributed by atoms with van der Waals surface area (Å²) in [5.74, 6) is -3.36. The highest BCUT2D eigenvalue weighted by molar-refractivity contribution is 5.92. The zero-order valence-corrected chi connectivity index (χ0v) is 10.6. The van der Waals surface area contributed by atoms with Crippen molar-refractivity contribution >= 4 is 17.9 Å². The van der Waals surface area contributed by atoms with E-state index in [2.05, 4.69) is 4.99 Å². The van der Waals surface area contributed by atoms with Gasteiger partial charge in [-0.05, 0) is 24.3 Å². The van der Waals surface area contributed by atoms with E-state index in [4.69, 9.17) is 5.11 Å². The second-order valence-corrected chi connectivity index (χ2v) is 4.14. The van der Waals surface area contributed by atoms with E-state index in [1.54, 1.807) is 0 Å². The molecule has 2 aromatic rings. The molecular formula is C14H11NO6. The summed E-state index contributed by atoms with van der Waals surface area (Å²) < 4.78 is 0. The van der Waals surface area contributed by atoms with Gasteiger partial charge in [-0.15, -0.1) is 0 Å². The third-order valence-electron chi connectivity index (χ3n) is 2.73. The van der Waals surface area contributed by atoms with Crippen molar-refractivity contribution in [1.29, 1.82) is 0 Å². The first-order valence-corrected chi connectivity index (χ1v) is 5.74. The maximum atomic E-state index is 10.7. The van der Waals surface area contributed by atoms with Gasteiger partial charge in [-0.2, -0.15) is 0 Å². The molecule has 0 bridgehead atoms. The van der Waals surface area contributed by atoms with Crippen LogP contribution in [0.25, 0.3) is 0 Å². The van der Waals surface area contributed by atoms with Gasteiger partial charge in [0.05, 0.1) is 5.69 Å². The third-order valence-corrected chi connectivity index (χ3v) is 2.73. The average Bonchev–Trinajstić information content (AvgIpc) is 2.44. The topological polar surface area (TPSA) is 131 Å². The van der Waals surface area contributed by atoms with Gasteiger partial charge in [0, 0.05) is 17.8 Å². The Kier molecular flexibility index (Phi) is 3.66. The van der Waals surface area contributed by atoms with E-state index >= 15 is 0 Å². The van der Waals surface area contributed by atoms with Gasteiger partial charge in [-0.25, -0.2) is 4.79 Å². The third kappa shape index (κ3) is 2.86. The minimum absolute atomic E-state index is 0.145. The van der Waals surface area contributed by atoms with Crippen LogP contribution in [0.5, 0.6) is 23.0 Å². The van der Waals surface area contributed by atoms with Crippen LogP contribution in [0.2, 0.25) is 0 Å². The molecule has 0 radical (unpaired) electrons. The van der Waals surface area contributed by atoms with Crippen molar-refractivity contribution in [3.8, 4) is 23.0 Å². The van der Waals surface area contributed by atoms with Gasteiger partial charge in [0.15, 0.2) is 11.5 Å². The van der Waals surface area contributed by atoms with Crippen molar-refractivity contribution in [2.45, 2.75) is 0 Å². The molecule has 0 aromatic heterocycles. The van der Waals surface area contributed by atoms with Crippen LogP contribution in [0, 0.1) is 0 Å². The summed E-state index contributed by atoms with van der Waals surface area (Å²) in [5.41, 5.74) is 0.149. The van der Waals surface area contributed by atoms with Gasteiger partial charge in [0.25, 0.3) is 0 Å². The normalized spacial score (nSPS) is 10.9. The zero-order valence-electron chi connectivity index (χ0n) is 10.6. The number of nitrogens with zero attached hydrogens (tertiary/aromatic N) is 1. The summed E-state index contributed by atoms with van der Waals surface area (Å²) in [6.07, 6.45) is 1.20. The van der Waals surface area contributed by atoms with Crippen LogP contribution in [-0.4, -0.2) is 37.7 Å². The summed E-state index contributed by atoms with van der Waals surface area (Å²) in [4.78, 5) is 14.7. The second-order valence-electron chi connectivity index (χ2n) is 4.14. The first-order chi connectivity index (χ1) is 9.90. The number of aliphatic imine (C=N–C) groups is 1. The minimum Gasteiger partial charge on any atom is -0.507 e. The molecular weight excluding hydrogens is 278 g/mol. The van der Waals surface area contributed by atoms with Crippen molar-refractivity contribution in [1.82, 2.24) is 0 Å². The SMILES string of the molecule is O=C(O)c1ccc(N=Cc2ccc(O)c(O)c2O)cc1O. The largest absolute Gasteiger partial charge is 0.507 e. The first kappa shape index (κ1) is 14.2. The fraction of sp³-hybridized carbons (Fsp3) is 0. The van der Waals surface area contributed by atoms with Crippen LogP contribution in [0.3, 0.4) is 0 Å². The molecule has 7 heteroatoms. The lowest BCUT2D eigenvalue weighted by Gasteiger charge is -2.03. The van der Waals surface area contributed by atoms with E-state index in [9.17, 15) is 25.2 Å². The van der Waals surface area contributed by atoms with E-state index in [1.165, 1.54) is 30.5 Å². The van der Waals surface area contributed by atoms with Gasteiger partial charge in [-0.3, -0.25) is 4.99 Å². The van der Waals surface area contributed by atoms with Crippen molar-refractivity contribution in [2.24, 2.45) is 4.99 Å². The molecule has 0 amide bonds. The summed E-state index contributed by atoms with van der Waals surface area (Å²) in [5, 5.41) is 46.4. The van der Waals surface area contributed by atoms with Gasteiger partial charge in [-0.1, -0.05) is 0 Å². The van der Waals surface area contributed by atoms with Crippen molar-refractivity contribution in [3.05, 3.63) is 41.5 Å². The molecule has 108 valence electrons. The fourth-order valence-corrected chi connectivity index (χ4v) is 1.61. The average molecular weight is 289 g/mol. The molecule has 0 spiro atoms. The van der Waals surface area contributed by atoms with Gasteiger partial charge in [0.1, 0.15) is 11.3 Å². The molecule has 21 heavy (non-hydrogen) atoms. The van der Waals surface area contributed by atoms with E-state index in [-0.39, 0.29) is 16.8 Å². The minimum atomic E-state index is -1.26. The Morgan fingerprint density at radius 2 is 1.67 bits per heavy atom. The summed E-state index contributed by atoms with van der Waals surface area (Å²) in [6, 6.07) is 6.23. The molecule has 0 unspecified atom stereocenters. The van der Waals surface area contributed by atoms with E-state index in [0.717, 1.165) is 6.07 Å². The molecule has 0 aliphatic rings. The molecule has 0 heterocycles. The van der Waals surface area contributed by atoms with Crippen LogP contribution in [0.4, 0.5) is 5.69 Å². The Labute approximate surface area is 118 Å². The Bertz CT molecular complexity index is 738. The zero-order chi connectivity index (χ0) is 15.6. The molecule has 2 aromatic carbocycles. The highest BCUT2D eigenvalue weighted by Gasteiger charge is 2.11. The Morgan fingerprint density at radius 3 is 2.29 bits per heavy atom. The molecule has 0 saturated carbocycles. The number of carboxylic acids is 1. The maximum absolute atomic E-state index is 10.7. The lowest BCUT2D eigenvalue weighted by atomic mass is 10.1. The molecule has 5 N–H and O–H groups in total. The predicted molar refractivity (Wildman–Crippen MR) is 73.8 cm³/mol. The standard InChI is InChI=1S/C14H11NO6/c16-10-4-1-7(12(18)13(10)19)6-15-8-2-3-9(14(20)21)11(17)5-8/h1-6,16-19H,(H,20,21). The quantitative estimate of drug-likeness (QED) is 0.433. The van der Waals surface area contributed by atoms with Crippen molar-refractivity contribution in [2.75, 3.05) is 0 Å². The number of hydrogen-bond donors (Lipinski definition) is 5. The van der Waals surface area contributed by atoms with Crippen LogP contribution in [0.1, 0.15) is 15.9 Å². The molecule has 7 nitrogen and oxygen atoms in total. The van der Waals surface area contributed by atoms with Crippen LogP contribution in [-0.2, 0) is 0 Å². The number of phenolic OH excluding ortho intramolecular Hbond substituents is 3. The molecule has 0 atom stereocenters. The monoisotopic (exact) mass is 289 g/mol. The second kappa shape index (κ2) is 5.41. The van der Waals surface area contributed by atoms with Crippen LogP contribution in [0.15, 0.2) is 35.3 Å². The van der Waals surface area contributed by atoms with Crippen molar-refractivity contribution in [3.63, 3.8) is 0 Å². The molecule has 0 aliphatic carbocycles. The number of hydrogen-bond acceptors (Lipinski definition) is 6. The molecule has 0 aliphatic heterocycles. The summed E-state index contributed by atoms with van der Waals surface area (Å²) in [7, 11) is 0. The van der Waals surface area contributed by atoms with E-state index in [1.807, 2.05) is 0 Å². The van der Waals surface area contributed by atoms with Crippen molar-refractivity contribution < 1.29 is 30.3 Å². The number of carboxylic acid groups (broad SMARTS) is 1. The molecule has 0 fully saturated rings. The number of rotatable bonds is 3.